The van der Waals surface area contributed by atoms with Crippen molar-refractivity contribution in [1.29, 1.82) is 0 Å². The van der Waals surface area contributed by atoms with E-state index in [2.05, 4.69) is 319 Å². The van der Waals surface area contributed by atoms with Crippen molar-refractivity contribution in [3.8, 4) is 33.8 Å². The highest BCUT2D eigenvalue weighted by molar-refractivity contribution is 6.14. The average molecular weight is 1080 g/mol. The first-order chi connectivity index (χ1) is 41.7. The Bertz CT molecular complexity index is 4710. The van der Waals surface area contributed by atoms with E-state index in [1.807, 2.05) is 0 Å². The van der Waals surface area contributed by atoms with Gasteiger partial charge < -0.3 is 19.0 Å². The molecule has 0 fully saturated rings. The molecule has 17 rings (SSSR count). The van der Waals surface area contributed by atoms with Gasteiger partial charge in [-0.25, -0.2) is 0 Å². The molecule has 0 N–H and O–H groups in total. The number of furan rings is 1. The van der Waals surface area contributed by atoms with Crippen LogP contribution in [-0.4, -0.2) is 0 Å². The molecule has 13 aromatic rings. The lowest BCUT2D eigenvalue weighted by Gasteiger charge is -2.41. The molecule has 1 aromatic heterocycles. The topological polar surface area (TPSA) is 28.9 Å². The average Bonchev–Trinajstić information content (AvgIpc) is 1.50. The Morgan fingerprint density at radius 2 is 0.964 bits per heavy atom. The highest BCUT2D eigenvalue weighted by Gasteiger charge is 2.53. The molecule has 0 saturated carbocycles. The van der Waals surface area contributed by atoms with E-state index in [0.29, 0.717) is 0 Å². The summed E-state index contributed by atoms with van der Waals surface area (Å²) in [4.78, 5) is 4.81. The van der Waals surface area contributed by atoms with Crippen molar-refractivity contribution < 1.29 is 9.15 Å². The van der Waals surface area contributed by atoms with Gasteiger partial charge in [-0.05, 0) is 147 Å². The smallest absolute Gasteiger partial charge is 0.140 e. The van der Waals surface area contributed by atoms with Crippen molar-refractivity contribution in [1.82, 2.24) is 0 Å². The quantitative estimate of drug-likeness (QED) is 0.144. The zero-order valence-electron chi connectivity index (χ0n) is 45.9. The summed E-state index contributed by atoms with van der Waals surface area (Å²) in [6, 6.07) is 106. The second kappa shape index (κ2) is 19.0. The lowest BCUT2D eigenvalue weighted by molar-refractivity contribution is 0.438. The second-order valence-electron chi connectivity index (χ2n) is 22.5. The molecule has 4 heteroatoms. The van der Waals surface area contributed by atoms with Gasteiger partial charge in [-0.1, -0.05) is 224 Å². The van der Waals surface area contributed by atoms with Crippen LogP contribution in [0.25, 0.3) is 44.2 Å². The normalized spacial score (nSPS) is 16.4. The predicted octanol–water partition coefficient (Wildman–Crippen LogP) is 21.0. The van der Waals surface area contributed by atoms with Crippen LogP contribution >= 0.6 is 0 Å². The van der Waals surface area contributed by atoms with Gasteiger partial charge in [0, 0.05) is 56.4 Å². The number of hydrogen-bond donors (Lipinski definition) is 0. The van der Waals surface area contributed by atoms with Gasteiger partial charge in [-0.2, -0.15) is 0 Å². The zero-order valence-corrected chi connectivity index (χ0v) is 45.9. The molecule has 1 spiro atoms. The fraction of sp³-hybridized carbons (Fsp3) is 0.0500. The Morgan fingerprint density at radius 3 is 1.68 bits per heavy atom. The molecule has 12 aromatic carbocycles. The maximum atomic E-state index is 7.38. The third-order valence-corrected chi connectivity index (χ3v) is 18.4. The lowest BCUT2D eigenvalue weighted by atomic mass is 9.65. The van der Waals surface area contributed by atoms with Gasteiger partial charge in [0.15, 0.2) is 0 Å². The monoisotopic (exact) mass is 1070 g/mol. The second-order valence-corrected chi connectivity index (χ2v) is 22.5. The summed E-state index contributed by atoms with van der Waals surface area (Å²) in [6.45, 7) is 0. The van der Waals surface area contributed by atoms with E-state index in [1.54, 1.807) is 0 Å². The van der Waals surface area contributed by atoms with Crippen LogP contribution in [0.4, 0.5) is 34.1 Å². The van der Waals surface area contributed by atoms with Crippen molar-refractivity contribution >= 4 is 56.1 Å². The van der Waals surface area contributed by atoms with E-state index in [4.69, 9.17) is 9.15 Å². The number of anilines is 6. The van der Waals surface area contributed by atoms with E-state index in [9.17, 15) is 0 Å². The lowest BCUT2D eigenvalue weighted by Crippen LogP contribution is -2.32. The first-order valence-electron chi connectivity index (χ1n) is 29.2. The van der Waals surface area contributed by atoms with Crippen LogP contribution in [0.1, 0.15) is 56.8 Å². The number of hydrogen-bond acceptors (Lipinski definition) is 4. The standard InChI is InChI=1S/C80H54N2O2/c1-5-24-53(25-6-1)65-51-60(52-72-78(65)84-75-42-22-21-40-71(75)80(72)69-38-19-15-34-63(69)64-35-16-20-39-70(64)80)81(58-46-44-55(45-47-58)79(54-26-7-2-8-27-54)67-36-17-13-32-61(67)62-33-14-18-37-68(62)79)59-48-49-74-66(50-59)77-73(41-23-43-76(77)83-74)82(56-28-9-3-10-29-56)57-30-11-4-12-31-57/h1-32,34-52,62H,33H2. The largest absolute Gasteiger partial charge is 0.456 e. The van der Waals surface area contributed by atoms with E-state index in [0.717, 1.165) is 96.2 Å². The molecule has 4 nitrogen and oxygen atoms in total. The van der Waals surface area contributed by atoms with Gasteiger partial charge in [0.1, 0.15) is 22.7 Å². The Morgan fingerprint density at radius 1 is 0.381 bits per heavy atom. The molecular formula is C80H54N2O2. The van der Waals surface area contributed by atoms with Crippen molar-refractivity contribution in [2.24, 2.45) is 0 Å². The van der Waals surface area contributed by atoms with Gasteiger partial charge in [-0.3, -0.25) is 0 Å². The third-order valence-electron chi connectivity index (χ3n) is 18.4. The number of benzene rings is 12. The molecule has 2 unspecified atom stereocenters. The Kier molecular flexibility index (Phi) is 10.8. The molecule has 84 heavy (non-hydrogen) atoms. The van der Waals surface area contributed by atoms with Crippen molar-refractivity contribution in [3.63, 3.8) is 0 Å². The number of ether oxygens (including phenoxy) is 1. The third kappa shape index (κ3) is 6.95. The first-order valence-corrected chi connectivity index (χ1v) is 29.2. The van der Waals surface area contributed by atoms with Crippen LogP contribution in [0.15, 0.2) is 319 Å². The minimum absolute atomic E-state index is 0.279. The summed E-state index contributed by atoms with van der Waals surface area (Å²) >= 11 is 0. The number of fused-ring (bicyclic) bond motifs is 15. The fourth-order valence-electron chi connectivity index (χ4n) is 15.0. The summed E-state index contributed by atoms with van der Waals surface area (Å²) in [5.41, 5.74) is 22.4. The molecule has 0 radical (unpaired) electrons. The maximum absolute atomic E-state index is 7.38. The highest BCUT2D eigenvalue weighted by atomic mass is 16.5. The summed E-state index contributed by atoms with van der Waals surface area (Å²) in [5.74, 6) is 1.98. The van der Waals surface area contributed by atoms with E-state index in [1.165, 1.54) is 50.1 Å². The van der Waals surface area contributed by atoms with Gasteiger partial charge in [0.2, 0.25) is 0 Å². The molecule has 3 aliphatic carbocycles. The summed E-state index contributed by atoms with van der Waals surface area (Å²) in [6.07, 6.45) is 7.96. The van der Waals surface area contributed by atoms with Gasteiger partial charge in [-0.15, -0.1) is 0 Å². The van der Waals surface area contributed by atoms with Gasteiger partial charge in [0.25, 0.3) is 0 Å². The van der Waals surface area contributed by atoms with Crippen LogP contribution in [0.2, 0.25) is 0 Å². The number of nitrogens with zero attached hydrogens (tertiary/aromatic N) is 2. The summed E-state index contributed by atoms with van der Waals surface area (Å²) in [5, 5.41) is 2.05. The maximum Gasteiger partial charge on any atom is 0.140 e. The number of rotatable bonds is 9. The SMILES string of the molecule is C1=CCC2C(=C1)C(c1ccccc1)(c1ccc(N(c3cc(-c4ccccc4)c4c(c3)C3(c5ccccc5O4)c4ccccc4-c4ccccc43)c3ccc4oc5cccc(N(c6ccccc6)c6ccccc6)c5c4c3)cc1)c1ccccc12. The molecular weight excluding hydrogens is 1020 g/mol. The molecule has 0 saturated heterocycles. The Hall–Kier alpha value is -10.7. The molecule has 2 heterocycles. The molecule has 0 bridgehead atoms. The molecule has 4 aliphatic rings. The minimum atomic E-state index is -0.721. The number of para-hydroxylation sites is 3. The minimum Gasteiger partial charge on any atom is -0.456 e. The summed E-state index contributed by atoms with van der Waals surface area (Å²) < 4.78 is 14.3. The molecule has 396 valence electrons. The van der Waals surface area contributed by atoms with Crippen LogP contribution in [0.3, 0.4) is 0 Å². The Balaban J connectivity index is 0.950. The van der Waals surface area contributed by atoms with Crippen LogP contribution in [0.5, 0.6) is 11.5 Å². The fourth-order valence-corrected chi connectivity index (χ4v) is 15.0. The molecule has 2 atom stereocenters. The van der Waals surface area contributed by atoms with E-state index >= 15 is 0 Å². The first kappa shape index (κ1) is 48.1. The van der Waals surface area contributed by atoms with Crippen LogP contribution in [0, 0.1) is 0 Å². The van der Waals surface area contributed by atoms with Crippen molar-refractivity contribution in [2.75, 3.05) is 9.80 Å². The van der Waals surface area contributed by atoms with Crippen LogP contribution in [-0.2, 0) is 10.8 Å². The summed E-state index contributed by atoms with van der Waals surface area (Å²) in [7, 11) is 0. The predicted molar refractivity (Wildman–Crippen MR) is 343 cm³/mol. The van der Waals surface area contributed by atoms with Gasteiger partial charge in [0.05, 0.1) is 21.9 Å². The van der Waals surface area contributed by atoms with Crippen molar-refractivity contribution in [2.45, 2.75) is 23.2 Å². The molecule has 1 aliphatic heterocycles. The molecule has 0 amide bonds. The van der Waals surface area contributed by atoms with Crippen LogP contribution < -0.4 is 14.5 Å². The number of allylic oxidation sites excluding steroid dienone is 4. The van der Waals surface area contributed by atoms with E-state index in [-0.39, 0.29) is 5.92 Å². The zero-order chi connectivity index (χ0) is 55.3. The van der Waals surface area contributed by atoms with Gasteiger partial charge >= 0.3 is 0 Å². The highest BCUT2D eigenvalue weighted by Crippen LogP contribution is 2.65. The van der Waals surface area contributed by atoms with E-state index < -0.39 is 10.8 Å². The van der Waals surface area contributed by atoms with Crippen molar-refractivity contribution in [3.05, 3.63) is 359 Å². The Labute approximate surface area is 488 Å².